The number of benzene rings is 2. The first-order valence-corrected chi connectivity index (χ1v) is 10.5. The molecule has 8 heteroatoms. The number of piperidine rings is 1. The minimum Gasteiger partial charge on any atom is -0.366 e. The lowest BCUT2D eigenvalue weighted by Gasteiger charge is -2.32. The Morgan fingerprint density at radius 3 is 2.55 bits per heavy atom. The van der Waals surface area contributed by atoms with Gasteiger partial charge in [-0.05, 0) is 43.0 Å². The number of hydrogen-bond donors (Lipinski definition) is 1. The predicted molar refractivity (Wildman–Crippen MR) is 118 cm³/mol. The standard InChI is InChI=1S/C23H25N5O3/c29-23(24-13-10-18-16-25-27(17-18)20-6-2-1-3-7-20)19-11-14-26(15-12-19)21-8-4-5-9-22(21)28(30)31/h1-9,16-17,19H,10-15H2,(H,24,29). The summed E-state index contributed by atoms with van der Waals surface area (Å²) >= 11 is 0. The van der Waals surface area contributed by atoms with Gasteiger partial charge in [0.25, 0.3) is 5.69 Å². The van der Waals surface area contributed by atoms with Gasteiger partial charge < -0.3 is 10.2 Å². The van der Waals surface area contributed by atoms with E-state index in [0.29, 0.717) is 44.6 Å². The summed E-state index contributed by atoms with van der Waals surface area (Å²) in [4.78, 5) is 25.5. The Kier molecular flexibility index (Phi) is 6.26. The fourth-order valence-corrected chi connectivity index (χ4v) is 3.95. The number of para-hydroxylation sites is 3. The maximum atomic E-state index is 12.6. The summed E-state index contributed by atoms with van der Waals surface area (Å²) < 4.78 is 1.83. The molecule has 160 valence electrons. The van der Waals surface area contributed by atoms with E-state index < -0.39 is 0 Å². The second-order valence-electron chi connectivity index (χ2n) is 7.68. The molecule has 0 bridgehead atoms. The van der Waals surface area contributed by atoms with E-state index in [0.717, 1.165) is 11.3 Å². The van der Waals surface area contributed by atoms with Crippen LogP contribution in [0.3, 0.4) is 0 Å². The average Bonchev–Trinajstić information content (AvgIpc) is 3.28. The smallest absolute Gasteiger partial charge is 0.292 e. The van der Waals surface area contributed by atoms with Crippen molar-refractivity contribution in [2.45, 2.75) is 19.3 Å². The van der Waals surface area contributed by atoms with Crippen molar-refractivity contribution in [3.05, 3.63) is 82.7 Å². The molecule has 0 spiro atoms. The van der Waals surface area contributed by atoms with Gasteiger partial charge in [-0.25, -0.2) is 4.68 Å². The van der Waals surface area contributed by atoms with E-state index in [1.807, 2.05) is 52.3 Å². The number of nitro groups is 1. The molecule has 1 aromatic heterocycles. The summed E-state index contributed by atoms with van der Waals surface area (Å²) in [5, 5.41) is 18.7. The summed E-state index contributed by atoms with van der Waals surface area (Å²) in [6.07, 6.45) is 5.89. The molecule has 4 rings (SSSR count). The Labute approximate surface area is 180 Å². The number of amides is 1. The quantitative estimate of drug-likeness (QED) is 0.468. The van der Waals surface area contributed by atoms with Gasteiger partial charge in [0.1, 0.15) is 5.69 Å². The zero-order valence-electron chi connectivity index (χ0n) is 17.2. The highest BCUT2D eigenvalue weighted by molar-refractivity contribution is 5.79. The lowest BCUT2D eigenvalue weighted by Crippen LogP contribution is -2.41. The normalized spacial score (nSPS) is 14.4. The minimum atomic E-state index is -0.353. The highest BCUT2D eigenvalue weighted by atomic mass is 16.6. The number of anilines is 1. The van der Waals surface area contributed by atoms with Crippen LogP contribution in [0.25, 0.3) is 5.69 Å². The topological polar surface area (TPSA) is 93.3 Å². The van der Waals surface area contributed by atoms with Crippen molar-refractivity contribution in [3.63, 3.8) is 0 Å². The van der Waals surface area contributed by atoms with Gasteiger partial charge in [0.2, 0.25) is 5.91 Å². The van der Waals surface area contributed by atoms with Crippen LogP contribution < -0.4 is 10.2 Å². The molecule has 3 aromatic rings. The summed E-state index contributed by atoms with van der Waals surface area (Å²) in [5.41, 5.74) is 2.81. The van der Waals surface area contributed by atoms with Crippen molar-refractivity contribution in [2.24, 2.45) is 5.92 Å². The SMILES string of the molecule is O=C(NCCc1cnn(-c2ccccc2)c1)C1CCN(c2ccccc2[N+](=O)[O-])CC1. The van der Waals surface area contributed by atoms with E-state index in [4.69, 9.17) is 0 Å². The van der Waals surface area contributed by atoms with Crippen LogP contribution in [0.5, 0.6) is 0 Å². The maximum absolute atomic E-state index is 12.6. The summed E-state index contributed by atoms with van der Waals surface area (Å²) in [5.74, 6) is -0.0104. The first-order chi connectivity index (χ1) is 15.1. The van der Waals surface area contributed by atoms with E-state index >= 15 is 0 Å². The zero-order chi connectivity index (χ0) is 21.6. The van der Waals surface area contributed by atoms with Gasteiger partial charge >= 0.3 is 0 Å². The number of nitrogens with zero attached hydrogens (tertiary/aromatic N) is 4. The molecule has 0 saturated carbocycles. The van der Waals surface area contributed by atoms with Crippen LogP contribution in [0.1, 0.15) is 18.4 Å². The number of hydrogen-bond acceptors (Lipinski definition) is 5. The van der Waals surface area contributed by atoms with Crippen molar-refractivity contribution >= 4 is 17.3 Å². The monoisotopic (exact) mass is 419 g/mol. The minimum absolute atomic E-state index is 0.0534. The van der Waals surface area contributed by atoms with Gasteiger partial charge in [-0.2, -0.15) is 5.10 Å². The fraction of sp³-hybridized carbons (Fsp3) is 0.304. The van der Waals surface area contributed by atoms with E-state index in [1.165, 1.54) is 6.07 Å². The summed E-state index contributed by atoms with van der Waals surface area (Å²) in [7, 11) is 0. The second-order valence-corrected chi connectivity index (χ2v) is 7.68. The van der Waals surface area contributed by atoms with E-state index in [2.05, 4.69) is 10.4 Å². The van der Waals surface area contributed by atoms with E-state index in [-0.39, 0.29) is 22.4 Å². The fourth-order valence-electron chi connectivity index (χ4n) is 3.95. The number of carbonyl (C=O) groups excluding carboxylic acids is 1. The van der Waals surface area contributed by atoms with Gasteiger partial charge in [0.05, 0.1) is 16.8 Å². The largest absolute Gasteiger partial charge is 0.366 e. The molecule has 0 radical (unpaired) electrons. The molecular formula is C23H25N5O3. The van der Waals surface area contributed by atoms with Crippen molar-refractivity contribution in [3.8, 4) is 5.69 Å². The van der Waals surface area contributed by atoms with Crippen molar-refractivity contribution in [2.75, 3.05) is 24.5 Å². The van der Waals surface area contributed by atoms with Crippen molar-refractivity contribution in [1.82, 2.24) is 15.1 Å². The van der Waals surface area contributed by atoms with Crippen LogP contribution in [0.4, 0.5) is 11.4 Å². The first kappa shape index (κ1) is 20.6. The summed E-state index contributed by atoms with van der Waals surface area (Å²) in [6, 6.07) is 16.7. The highest BCUT2D eigenvalue weighted by Crippen LogP contribution is 2.31. The zero-order valence-corrected chi connectivity index (χ0v) is 17.2. The third-order valence-corrected chi connectivity index (χ3v) is 5.65. The van der Waals surface area contributed by atoms with Crippen LogP contribution in [0.15, 0.2) is 67.0 Å². The Morgan fingerprint density at radius 1 is 1.10 bits per heavy atom. The van der Waals surface area contributed by atoms with Gasteiger partial charge in [-0.3, -0.25) is 14.9 Å². The molecule has 2 heterocycles. The second kappa shape index (κ2) is 9.42. The van der Waals surface area contributed by atoms with Crippen LogP contribution >= 0.6 is 0 Å². The molecule has 1 saturated heterocycles. The molecule has 1 aliphatic rings. The Hall–Kier alpha value is -3.68. The van der Waals surface area contributed by atoms with E-state index in [1.54, 1.807) is 18.2 Å². The van der Waals surface area contributed by atoms with Crippen LogP contribution in [0, 0.1) is 16.0 Å². The van der Waals surface area contributed by atoms with Gasteiger partial charge in [-0.1, -0.05) is 30.3 Å². The van der Waals surface area contributed by atoms with Crippen molar-refractivity contribution < 1.29 is 9.72 Å². The molecule has 8 nitrogen and oxygen atoms in total. The molecule has 1 aliphatic heterocycles. The Morgan fingerprint density at radius 2 is 1.81 bits per heavy atom. The molecule has 0 atom stereocenters. The number of nitrogens with one attached hydrogen (secondary N) is 1. The molecule has 2 aromatic carbocycles. The molecular weight excluding hydrogens is 394 g/mol. The first-order valence-electron chi connectivity index (χ1n) is 10.5. The van der Waals surface area contributed by atoms with Crippen LogP contribution in [0.2, 0.25) is 0 Å². The number of aromatic nitrogens is 2. The molecule has 1 fully saturated rings. The number of nitro benzene ring substituents is 1. The Bertz CT molecular complexity index is 1040. The number of carbonyl (C=O) groups is 1. The van der Waals surface area contributed by atoms with Crippen LogP contribution in [-0.2, 0) is 11.2 Å². The third kappa shape index (κ3) is 4.91. The highest BCUT2D eigenvalue weighted by Gasteiger charge is 2.27. The van der Waals surface area contributed by atoms with Crippen molar-refractivity contribution in [1.29, 1.82) is 0 Å². The average molecular weight is 419 g/mol. The molecule has 31 heavy (non-hydrogen) atoms. The molecule has 1 N–H and O–H groups in total. The van der Waals surface area contributed by atoms with Crippen LogP contribution in [-0.4, -0.2) is 40.2 Å². The summed E-state index contributed by atoms with van der Waals surface area (Å²) in [6.45, 7) is 1.82. The van der Waals surface area contributed by atoms with Gasteiger partial charge in [0.15, 0.2) is 0 Å². The number of rotatable bonds is 7. The third-order valence-electron chi connectivity index (χ3n) is 5.65. The van der Waals surface area contributed by atoms with E-state index in [9.17, 15) is 14.9 Å². The Balaban J connectivity index is 1.25. The van der Waals surface area contributed by atoms with Gasteiger partial charge in [0, 0.05) is 37.8 Å². The van der Waals surface area contributed by atoms with Gasteiger partial charge in [-0.15, -0.1) is 0 Å². The predicted octanol–water partition coefficient (Wildman–Crippen LogP) is 3.36. The lowest BCUT2D eigenvalue weighted by atomic mass is 9.95. The lowest BCUT2D eigenvalue weighted by molar-refractivity contribution is -0.384. The molecule has 1 amide bonds. The molecule has 0 aliphatic carbocycles. The molecule has 0 unspecified atom stereocenters. The maximum Gasteiger partial charge on any atom is 0.292 e.